The smallest absolute Gasteiger partial charge is 0.0551 e. The average molecular weight is 339 g/mol. The van der Waals surface area contributed by atoms with Gasteiger partial charge in [0.2, 0.25) is 0 Å². The molecule has 0 aromatic heterocycles. The van der Waals surface area contributed by atoms with E-state index < -0.39 is 0 Å². The first kappa shape index (κ1) is 14.6. The van der Waals surface area contributed by atoms with Crippen molar-refractivity contribution < 1.29 is 0 Å². The third-order valence-electron chi connectivity index (χ3n) is 3.25. The monoisotopic (exact) mass is 337 g/mol. The first-order valence-electron chi connectivity index (χ1n) is 6.31. The van der Waals surface area contributed by atoms with Crippen LogP contribution in [0.5, 0.6) is 0 Å². The Balaban J connectivity index is 2.02. The molecule has 3 heteroatoms. The van der Waals surface area contributed by atoms with Gasteiger partial charge in [-0.05, 0) is 58.6 Å². The second-order valence-electron chi connectivity index (χ2n) is 4.71. The summed E-state index contributed by atoms with van der Waals surface area (Å²) in [5.74, 6) is 0. The Bertz CT molecular complexity index is 568. The van der Waals surface area contributed by atoms with Gasteiger partial charge in [0.15, 0.2) is 0 Å². The maximum absolute atomic E-state index is 6.10. The quantitative estimate of drug-likeness (QED) is 0.801. The van der Waals surface area contributed by atoms with Gasteiger partial charge in [0.05, 0.1) is 5.02 Å². The summed E-state index contributed by atoms with van der Waals surface area (Å²) in [6, 6.07) is 14.8. The van der Waals surface area contributed by atoms with Crippen molar-refractivity contribution in [3.05, 3.63) is 68.7 Å². The van der Waals surface area contributed by atoms with Crippen LogP contribution in [0, 0.1) is 6.92 Å². The Morgan fingerprint density at radius 3 is 2.63 bits per heavy atom. The molecule has 0 bridgehead atoms. The van der Waals surface area contributed by atoms with E-state index in [4.69, 9.17) is 11.6 Å². The van der Waals surface area contributed by atoms with Gasteiger partial charge in [-0.1, -0.05) is 41.9 Å². The van der Waals surface area contributed by atoms with Crippen molar-refractivity contribution in [3.63, 3.8) is 0 Å². The number of nitrogens with one attached hydrogen (secondary N) is 1. The predicted octanol–water partition coefficient (Wildman–Crippen LogP) is 5.26. The van der Waals surface area contributed by atoms with Gasteiger partial charge in [-0.3, -0.25) is 0 Å². The predicted molar refractivity (Wildman–Crippen MR) is 85.6 cm³/mol. The van der Waals surface area contributed by atoms with E-state index in [2.05, 4.69) is 65.4 Å². The molecule has 0 spiro atoms. The lowest BCUT2D eigenvalue weighted by Gasteiger charge is -2.16. The van der Waals surface area contributed by atoms with E-state index in [9.17, 15) is 0 Å². The van der Waals surface area contributed by atoms with E-state index in [1.54, 1.807) is 0 Å². The molecule has 0 aliphatic heterocycles. The standard InChI is InChI=1S/C16H17BrClN/c1-11-5-3-4-6-14(11)12(2)19-10-13-7-8-15(17)16(18)9-13/h3-9,12,19H,10H2,1-2H3. The zero-order valence-electron chi connectivity index (χ0n) is 11.1. The largest absolute Gasteiger partial charge is 0.306 e. The fraction of sp³-hybridized carbons (Fsp3) is 0.250. The normalized spacial score (nSPS) is 12.4. The van der Waals surface area contributed by atoms with Crippen molar-refractivity contribution in [1.29, 1.82) is 0 Å². The Labute approximate surface area is 128 Å². The lowest BCUT2D eigenvalue weighted by molar-refractivity contribution is 0.572. The SMILES string of the molecule is Cc1ccccc1C(C)NCc1ccc(Br)c(Cl)c1. The van der Waals surface area contributed by atoms with Gasteiger partial charge in [0.1, 0.15) is 0 Å². The summed E-state index contributed by atoms with van der Waals surface area (Å²) >= 11 is 9.50. The summed E-state index contributed by atoms with van der Waals surface area (Å²) in [5.41, 5.74) is 3.84. The zero-order chi connectivity index (χ0) is 13.8. The van der Waals surface area contributed by atoms with Gasteiger partial charge in [0.25, 0.3) is 0 Å². The van der Waals surface area contributed by atoms with Gasteiger partial charge in [0, 0.05) is 17.1 Å². The van der Waals surface area contributed by atoms with Crippen LogP contribution < -0.4 is 5.32 Å². The average Bonchev–Trinajstić information content (AvgIpc) is 2.40. The highest BCUT2D eigenvalue weighted by molar-refractivity contribution is 9.10. The fourth-order valence-corrected chi connectivity index (χ4v) is 2.55. The molecule has 1 unspecified atom stereocenters. The fourth-order valence-electron chi connectivity index (χ4n) is 2.10. The number of hydrogen-bond donors (Lipinski definition) is 1. The second kappa shape index (κ2) is 6.56. The molecular weight excluding hydrogens is 322 g/mol. The lowest BCUT2D eigenvalue weighted by Crippen LogP contribution is -2.18. The van der Waals surface area contributed by atoms with Crippen LogP contribution in [-0.2, 0) is 6.54 Å². The molecule has 1 nitrogen and oxygen atoms in total. The molecule has 0 amide bonds. The molecule has 2 rings (SSSR count). The van der Waals surface area contributed by atoms with Crippen molar-refractivity contribution in [2.45, 2.75) is 26.4 Å². The highest BCUT2D eigenvalue weighted by atomic mass is 79.9. The van der Waals surface area contributed by atoms with E-state index >= 15 is 0 Å². The van der Waals surface area contributed by atoms with Crippen molar-refractivity contribution >= 4 is 27.5 Å². The molecule has 100 valence electrons. The minimum Gasteiger partial charge on any atom is -0.306 e. The molecule has 2 aromatic rings. The highest BCUT2D eigenvalue weighted by Crippen LogP contribution is 2.24. The second-order valence-corrected chi connectivity index (χ2v) is 5.97. The summed E-state index contributed by atoms with van der Waals surface area (Å²) in [5, 5.41) is 4.28. The molecule has 0 heterocycles. The van der Waals surface area contributed by atoms with E-state index in [-0.39, 0.29) is 0 Å². The first-order valence-corrected chi connectivity index (χ1v) is 7.48. The van der Waals surface area contributed by atoms with Gasteiger partial charge < -0.3 is 5.32 Å². The van der Waals surface area contributed by atoms with Gasteiger partial charge in [-0.15, -0.1) is 0 Å². The van der Waals surface area contributed by atoms with Crippen LogP contribution >= 0.6 is 27.5 Å². The Morgan fingerprint density at radius 2 is 1.95 bits per heavy atom. The Kier molecular flexibility index (Phi) is 5.03. The number of aryl methyl sites for hydroxylation is 1. The van der Waals surface area contributed by atoms with Crippen LogP contribution in [-0.4, -0.2) is 0 Å². The number of benzene rings is 2. The summed E-state index contributed by atoms with van der Waals surface area (Å²) in [4.78, 5) is 0. The van der Waals surface area contributed by atoms with Crippen LogP contribution in [0.25, 0.3) is 0 Å². The molecule has 1 atom stereocenters. The Hall–Kier alpha value is -0.830. The van der Waals surface area contributed by atoms with Crippen molar-refractivity contribution in [2.75, 3.05) is 0 Å². The molecule has 19 heavy (non-hydrogen) atoms. The van der Waals surface area contributed by atoms with Gasteiger partial charge >= 0.3 is 0 Å². The van der Waals surface area contributed by atoms with Crippen LogP contribution in [0.2, 0.25) is 5.02 Å². The molecule has 0 saturated carbocycles. The molecule has 0 radical (unpaired) electrons. The molecule has 2 aromatic carbocycles. The molecule has 0 saturated heterocycles. The van der Waals surface area contributed by atoms with E-state index in [1.165, 1.54) is 16.7 Å². The third kappa shape index (κ3) is 3.82. The summed E-state index contributed by atoms with van der Waals surface area (Å²) in [6.45, 7) is 5.13. The summed E-state index contributed by atoms with van der Waals surface area (Å²) in [6.07, 6.45) is 0. The number of rotatable bonds is 4. The van der Waals surface area contributed by atoms with Crippen molar-refractivity contribution in [2.24, 2.45) is 0 Å². The van der Waals surface area contributed by atoms with Crippen molar-refractivity contribution in [1.82, 2.24) is 5.32 Å². The lowest BCUT2D eigenvalue weighted by atomic mass is 10.0. The van der Waals surface area contributed by atoms with E-state index in [0.29, 0.717) is 6.04 Å². The van der Waals surface area contributed by atoms with Crippen molar-refractivity contribution in [3.8, 4) is 0 Å². The minimum atomic E-state index is 0.323. The molecule has 0 aliphatic carbocycles. The molecule has 0 fully saturated rings. The van der Waals surface area contributed by atoms with E-state index in [1.807, 2.05) is 12.1 Å². The van der Waals surface area contributed by atoms with Gasteiger partial charge in [-0.25, -0.2) is 0 Å². The first-order chi connectivity index (χ1) is 9.08. The molecule has 0 aliphatic rings. The summed E-state index contributed by atoms with van der Waals surface area (Å²) < 4.78 is 0.935. The zero-order valence-corrected chi connectivity index (χ0v) is 13.4. The van der Waals surface area contributed by atoms with Crippen LogP contribution in [0.3, 0.4) is 0 Å². The maximum Gasteiger partial charge on any atom is 0.0551 e. The maximum atomic E-state index is 6.10. The number of hydrogen-bond acceptors (Lipinski definition) is 1. The van der Waals surface area contributed by atoms with Crippen LogP contribution in [0.15, 0.2) is 46.9 Å². The highest BCUT2D eigenvalue weighted by Gasteiger charge is 2.07. The molecule has 1 N–H and O–H groups in total. The Morgan fingerprint density at radius 1 is 1.21 bits per heavy atom. The van der Waals surface area contributed by atoms with Crippen LogP contribution in [0.4, 0.5) is 0 Å². The van der Waals surface area contributed by atoms with Gasteiger partial charge in [-0.2, -0.15) is 0 Å². The van der Waals surface area contributed by atoms with E-state index in [0.717, 1.165) is 16.0 Å². The minimum absolute atomic E-state index is 0.323. The topological polar surface area (TPSA) is 12.0 Å². The third-order valence-corrected chi connectivity index (χ3v) is 4.48. The number of halogens is 2. The molecular formula is C16H17BrClN. The summed E-state index contributed by atoms with van der Waals surface area (Å²) in [7, 11) is 0. The van der Waals surface area contributed by atoms with Crippen LogP contribution in [0.1, 0.15) is 29.7 Å².